The number of methoxy groups -OCH3 is 1. The van der Waals surface area contributed by atoms with Crippen molar-refractivity contribution >= 4 is 21.8 Å². The Morgan fingerprint density at radius 1 is 1.47 bits per heavy atom. The van der Waals surface area contributed by atoms with E-state index in [2.05, 4.69) is 21.2 Å². The monoisotopic (exact) mass is 271 g/mol. The Balaban J connectivity index is 2.55. The lowest BCUT2D eigenvalue weighted by atomic mass is 10.2. The number of carbonyl (C=O) groups is 1. The van der Waals surface area contributed by atoms with Crippen LogP contribution in [0.15, 0.2) is 30.3 Å². The van der Waals surface area contributed by atoms with Gasteiger partial charge in [-0.1, -0.05) is 34.1 Å². The number of alkyl halides is 1. The van der Waals surface area contributed by atoms with E-state index in [1.54, 1.807) is 19.2 Å². The van der Waals surface area contributed by atoms with E-state index >= 15 is 0 Å². The highest BCUT2D eigenvalue weighted by Gasteiger charge is 2.11. The van der Waals surface area contributed by atoms with Crippen LogP contribution in [-0.2, 0) is 4.74 Å². The molecule has 0 aliphatic heterocycles. The fourth-order valence-electron chi connectivity index (χ4n) is 1.18. The third-order valence-corrected chi connectivity index (χ3v) is 2.71. The van der Waals surface area contributed by atoms with Crippen molar-refractivity contribution < 1.29 is 9.53 Å². The summed E-state index contributed by atoms with van der Waals surface area (Å²) < 4.78 is 4.99. The molecule has 3 nitrogen and oxygen atoms in total. The molecule has 1 rings (SSSR count). The van der Waals surface area contributed by atoms with Crippen LogP contribution in [0.5, 0.6) is 0 Å². The van der Waals surface area contributed by atoms with Gasteiger partial charge in [0.15, 0.2) is 0 Å². The summed E-state index contributed by atoms with van der Waals surface area (Å²) in [6, 6.07) is 9.14. The Kier molecular flexibility index (Phi) is 5.36. The number of hydrogen-bond acceptors (Lipinski definition) is 2. The molecule has 1 N–H and O–H groups in total. The minimum atomic E-state index is -0.0721. The summed E-state index contributed by atoms with van der Waals surface area (Å²) in [5.74, 6) is -0.0721. The molecule has 1 atom stereocenters. The first kappa shape index (κ1) is 12.2. The summed E-state index contributed by atoms with van der Waals surface area (Å²) in [5.41, 5.74) is 0.666. The summed E-state index contributed by atoms with van der Waals surface area (Å²) in [6.07, 6.45) is 0. The van der Waals surface area contributed by atoms with E-state index < -0.39 is 0 Å². The van der Waals surface area contributed by atoms with Crippen molar-refractivity contribution in [1.29, 1.82) is 0 Å². The molecule has 0 aliphatic rings. The third-order valence-electron chi connectivity index (χ3n) is 1.93. The van der Waals surface area contributed by atoms with Gasteiger partial charge in [-0.15, -0.1) is 0 Å². The second kappa shape index (κ2) is 6.58. The van der Waals surface area contributed by atoms with Gasteiger partial charge in [-0.3, -0.25) is 4.79 Å². The van der Waals surface area contributed by atoms with E-state index in [1.165, 1.54) is 0 Å². The maximum absolute atomic E-state index is 11.7. The van der Waals surface area contributed by atoms with Crippen LogP contribution in [0.4, 0.5) is 0 Å². The van der Waals surface area contributed by atoms with Crippen molar-refractivity contribution in [2.45, 2.75) is 6.04 Å². The molecule has 0 saturated heterocycles. The number of rotatable bonds is 5. The highest BCUT2D eigenvalue weighted by molar-refractivity contribution is 9.09. The summed E-state index contributed by atoms with van der Waals surface area (Å²) in [4.78, 5) is 11.7. The molecule has 0 aromatic heterocycles. The lowest BCUT2D eigenvalue weighted by Crippen LogP contribution is -2.39. The minimum Gasteiger partial charge on any atom is -0.383 e. The smallest absolute Gasteiger partial charge is 0.251 e. The van der Waals surface area contributed by atoms with Gasteiger partial charge in [0.25, 0.3) is 5.91 Å². The maximum atomic E-state index is 11.7. The summed E-state index contributed by atoms with van der Waals surface area (Å²) in [7, 11) is 1.62. The number of halogens is 1. The van der Waals surface area contributed by atoms with Crippen LogP contribution in [0.2, 0.25) is 0 Å². The molecule has 1 unspecified atom stereocenters. The van der Waals surface area contributed by atoms with Crippen LogP contribution in [0.3, 0.4) is 0 Å². The molecular formula is C11H14BrNO2. The van der Waals surface area contributed by atoms with Crippen molar-refractivity contribution in [1.82, 2.24) is 5.32 Å². The first-order valence-electron chi connectivity index (χ1n) is 4.68. The standard InChI is InChI=1S/C11H14BrNO2/c1-15-8-10(7-12)13-11(14)9-5-3-2-4-6-9/h2-6,10H,7-8H2,1H3,(H,13,14). The predicted molar refractivity (Wildman–Crippen MR) is 63.4 cm³/mol. The first-order valence-corrected chi connectivity index (χ1v) is 5.81. The lowest BCUT2D eigenvalue weighted by molar-refractivity contribution is 0.0908. The largest absolute Gasteiger partial charge is 0.383 e. The first-order chi connectivity index (χ1) is 7.27. The van der Waals surface area contributed by atoms with Crippen molar-refractivity contribution in [3.05, 3.63) is 35.9 Å². The molecule has 0 radical (unpaired) electrons. The van der Waals surface area contributed by atoms with Gasteiger partial charge >= 0.3 is 0 Å². The Morgan fingerprint density at radius 2 is 2.13 bits per heavy atom. The molecule has 1 aromatic rings. The minimum absolute atomic E-state index is 0.00251. The van der Waals surface area contributed by atoms with Crippen LogP contribution < -0.4 is 5.32 Å². The van der Waals surface area contributed by atoms with Crippen LogP contribution in [0.1, 0.15) is 10.4 Å². The SMILES string of the molecule is COCC(CBr)NC(=O)c1ccccc1. The molecule has 82 valence electrons. The fourth-order valence-corrected chi connectivity index (χ4v) is 1.53. The van der Waals surface area contributed by atoms with Gasteiger partial charge < -0.3 is 10.1 Å². The highest BCUT2D eigenvalue weighted by atomic mass is 79.9. The average molecular weight is 272 g/mol. The van der Waals surface area contributed by atoms with Crippen LogP contribution >= 0.6 is 15.9 Å². The summed E-state index contributed by atoms with van der Waals surface area (Å²) in [6.45, 7) is 0.504. The van der Waals surface area contributed by atoms with Gasteiger partial charge in [-0.05, 0) is 12.1 Å². The predicted octanol–water partition coefficient (Wildman–Crippen LogP) is 1.83. The normalized spacial score (nSPS) is 12.1. The van der Waals surface area contributed by atoms with E-state index in [4.69, 9.17) is 4.74 Å². The van der Waals surface area contributed by atoms with Gasteiger partial charge in [-0.2, -0.15) is 0 Å². The molecule has 0 heterocycles. The van der Waals surface area contributed by atoms with E-state index in [0.29, 0.717) is 17.5 Å². The number of hydrogen-bond donors (Lipinski definition) is 1. The maximum Gasteiger partial charge on any atom is 0.251 e. The summed E-state index contributed by atoms with van der Waals surface area (Å²) in [5, 5.41) is 3.55. The third kappa shape index (κ3) is 4.01. The molecule has 0 spiro atoms. The molecule has 0 fully saturated rings. The number of nitrogens with one attached hydrogen (secondary N) is 1. The van der Waals surface area contributed by atoms with Gasteiger partial charge in [0, 0.05) is 18.0 Å². The number of amides is 1. The second-order valence-electron chi connectivity index (χ2n) is 3.15. The van der Waals surface area contributed by atoms with E-state index in [0.717, 1.165) is 0 Å². The lowest BCUT2D eigenvalue weighted by Gasteiger charge is -2.14. The molecule has 1 amide bonds. The number of benzene rings is 1. The molecule has 1 aromatic carbocycles. The molecule has 0 aliphatic carbocycles. The van der Waals surface area contributed by atoms with Gasteiger partial charge in [-0.25, -0.2) is 0 Å². The number of ether oxygens (including phenoxy) is 1. The van der Waals surface area contributed by atoms with E-state index in [1.807, 2.05) is 18.2 Å². The van der Waals surface area contributed by atoms with E-state index in [9.17, 15) is 4.79 Å². The average Bonchev–Trinajstić information content (AvgIpc) is 2.29. The molecule has 0 saturated carbocycles. The molecule has 4 heteroatoms. The van der Waals surface area contributed by atoms with Crippen molar-refractivity contribution in [3.63, 3.8) is 0 Å². The topological polar surface area (TPSA) is 38.3 Å². The highest BCUT2D eigenvalue weighted by Crippen LogP contribution is 2.00. The molecule has 15 heavy (non-hydrogen) atoms. The zero-order valence-corrected chi connectivity index (χ0v) is 10.2. The van der Waals surface area contributed by atoms with Gasteiger partial charge in [0.2, 0.25) is 0 Å². The number of carbonyl (C=O) groups excluding carboxylic acids is 1. The Morgan fingerprint density at radius 3 is 2.67 bits per heavy atom. The van der Waals surface area contributed by atoms with Crippen LogP contribution in [0, 0.1) is 0 Å². The van der Waals surface area contributed by atoms with Crippen molar-refractivity contribution in [3.8, 4) is 0 Å². The Hall–Kier alpha value is -0.870. The zero-order valence-electron chi connectivity index (χ0n) is 8.57. The Bertz CT molecular complexity index is 303. The quantitative estimate of drug-likeness (QED) is 0.830. The van der Waals surface area contributed by atoms with Gasteiger partial charge in [0.1, 0.15) is 0 Å². The van der Waals surface area contributed by atoms with Gasteiger partial charge in [0.05, 0.1) is 12.6 Å². The molecular weight excluding hydrogens is 258 g/mol. The van der Waals surface area contributed by atoms with Crippen molar-refractivity contribution in [2.24, 2.45) is 0 Å². The van der Waals surface area contributed by atoms with Crippen LogP contribution in [-0.4, -0.2) is 31.0 Å². The van der Waals surface area contributed by atoms with Crippen molar-refractivity contribution in [2.75, 3.05) is 19.0 Å². The second-order valence-corrected chi connectivity index (χ2v) is 3.79. The fraction of sp³-hybridized carbons (Fsp3) is 0.364. The zero-order chi connectivity index (χ0) is 11.1. The van der Waals surface area contributed by atoms with Crippen LogP contribution in [0.25, 0.3) is 0 Å². The summed E-state index contributed by atoms with van der Waals surface area (Å²) >= 11 is 3.32. The Labute approximate surface area is 97.9 Å². The molecule has 0 bridgehead atoms. The van der Waals surface area contributed by atoms with E-state index in [-0.39, 0.29) is 11.9 Å².